The van der Waals surface area contributed by atoms with Crippen LogP contribution < -0.4 is 10.6 Å². The summed E-state index contributed by atoms with van der Waals surface area (Å²) >= 11 is 0. The maximum Gasteiger partial charge on any atom is 0.326 e. The van der Waals surface area contributed by atoms with Gasteiger partial charge in [-0.05, 0) is 23.3 Å². The van der Waals surface area contributed by atoms with E-state index in [4.69, 9.17) is 4.74 Å². The molecular formula is C22H23FN2O6. The number of hydrogen-bond donors (Lipinski definition) is 3. The number of carbonyl (C=O) groups excluding carboxylic acids is 3. The van der Waals surface area contributed by atoms with Gasteiger partial charge in [0.25, 0.3) is 0 Å². The highest BCUT2D eigenvalue weighted by Crippen LogP contribution is 2.08. The standard InChI is InChI=1S/C22H23FN2O6/c1-14(26)24-18(11-15-7-9-17(23)10-8-15)21(28)25-19(22(29)30)12-20(27)31-13-16-5-3-2-4-6-16/h2-10,18-19H,11-13H2,1H3,(H,24,26)(H,25,28)(H,29,30)/t18-,19+/m1/s1. The second-order valence-electron chi connectivity index (χ2n) is 6.83. The third kappa shape index (κ3) is 8.25. The van der Waals surface area contributed by atoms with Crippen LogP contribution in [0.25, 0.3) is 0 Å². The number of esters is 1. The average molecular weight is 430 g/mol. The molecule has 0 aliphatic heterocycles. The first-order valence-electron chi connectivity index (χ1n) is 9.49. The lowest BCUT2D eigenvalue weighted by Crippen LogP contribution is -2.52. The summed E-state index contributed by atoms with van der Waals surface area (Å²) < 4.78 is 18.2. The van der Waals surface area contributed by atoms with Gasteiger partial charge in [-0.3, -0.25) is 14.4 Å². The molecule has 0 radical (unpaired) electrons. The Hall–Kier alpha value is -3.75. The van der Waals surface area contributed by atoms with Gasteiger partial charge in [-0.1, -0.05) is 42.5 Å². The number of aliphatic carboxylic acids is 1. The van der Waals surface area contributed by atoms with Crippen LogP contribution in [-0.4, -0.2) is 40.9 Å². The van der Waals surface area contributed by atoms with Gasteiger partial charge in [-0.2, -0.15) is 0 Å². The Morgan fingerprint density at radius 1 is 0.935 bits per heavy atom. The van der Waals surface area contributed by atoms with Gasteiger partial charge in [0.15, 0.2) is 0 Å². The lowest BCUT2D eigenvalue weighted by atomic mass is 10.0. The first-order chi connectivity index (χ1) is 14.7. The van der Waals surface area contributed by atoms with E-state index >= 15 is 0 Å². The lowest BCUT2D eigenvalue weighted by molar-refractivity contribution is -0.151. The zero-order chi connectivity index (χ0) is 22.8. The Kier molecular flexibility index (Phi) is 8.68. The molecule has 0 heterocycles. The average Bonchev–Trinajstić information content (AvgIpc) is 2.73. The van der Waals surface area contributed by atoms with Crippen molar-refractivity contribution in [3.05, 3.63) is 71.5 Å². The first kappa shape index (κ1) is 23.5. The van der Waals surface area contributed by atoms with Crippen molar-refractivity contribution < 1.29 is 33.4 Å². The second kappa shape index (κ2) is 11.4. The number of halogens is 1. The van der Waals surface area contributed by atoms with Crippen molar-refractivity contribution >= 4 is 23.8 Å². The minimum Gasteiger partial charge on any atom is -0.480 e. The van der Waals surface area contributed by atoms with Crippen LogP contribution in [0.3, 0.4) is 0 Å². The molecule has 0 unspecified atom stereocenters. The zero-order valence-electron chi connectivity index (χ0n) is 16.8. The van der Waals surface area contributed by atoms with Gasteiger partial charge in [0.05, 0.1) is 6.42 Å². The quantitative estimate of drug-likeness (QED) is 0.492. The molecule has 0 aromatic heterocycles. The predicted molar refractivity (Wildman–Crippen MR) is 108 cm³/mol. The number of nitrogens with one attached hydrogen (secondary N) is 2. The summed E-state index contributed by atoms with van der Waals surface area (Å²) in [4.78, 5) is 47.7. The van der Waals surface area contributed by atoms with E-state index in [0.29, 0.717) is 5.56 Å². The molecule has 0 aliphatic rings. The molecule has 0 aliphatic carbocycles. The SMILES string of the molecule is CC(=O)N[C@H](Cc1ccc(F)cc1)C(=O)N[C@@H](CC(=O)OCc1ccccc1)C(=O)O. The number of benzene rings is 2. The highest BCUT2D eigenvalue weighted by atomic mass is 19.1. The Labute approximate surface area is 178 Å². The topological polar surface area (TPSA) is 122 Å². The molecule has 2 amide bonds. The van der Waals surface area contributed by atoms with Crippen LogP contribution in [0.15, 0.2) is 54.6 Å². The molecule has 0 fully saturated rings. The fraction of sp³-hybridized carbons (Fsp3) is 0.273. The maximum atomic E-state index is 13.1. The summed E-state index contributed by atoms with van der Waals surface area (Å²) in [5, 5.41) is 14.1. The van der Waals surface area contributed by atoms with Crippen LogP contribution in [0.1, 0.15) is 24.5 Å². The third-order valence-corrected chi connectivity index (χ3v) is 4.28. The smallest absolute Gasteiger partial charge is 0.326 e. The van der Waals surface area contributed by atoms with Crippen molar-refractivity contribution in [3.8, 4) is 0 Å². The second-order valence-corrected chi connectivity index (χ2v) is 6.83. The number of carboxylic acid groups (broad SMARTS) is 1. The highest BCUT2D eigenvalue weighted by molar-refractivity contribution is 5.91. The summed E-state index contributed by atoms with van der Waals surface area (Å²) in [6, 6.07) is 11.5. The first-order valence-corrected chi connectivity index (χ1v) is 9.49. The molecular weight excluding hydrogens is 407 g/mol. The van der Waals surface area contributed by atoms with Crippen LogP contribution in [0.5, 0.6) is 0 Å². The molecule has 2 atom stereocenters. The van der Waals surface area contributed by atoms with E-state index in [-0.39, 0.29) is 13.0 Å². The number of carbonyl (C=O) groups is 4. The van der Waals surface area contributed by atoms with Crippen LogP contribution in [0.4, 0.5) is 4.39 Å². The molecule has 31 heavy (non-hydrogen) atoms. The van der Waals surface area contributed by atoms with Gasteiger partial charge in [-0.25, -0.2) is 9.18 Å². The zero-order valence-corrected chi connectivity index (χ0v) is 16.8. The summed E-state index contributed by atoms with van der Waals surface area (Å²) in [5.41, 5.74) is 1.29. The van der Waals surface area contributed by atoms with Crippen molar-refractivity contribution in [2.75, 3.05) is 0 Å². The van der Waals surface area contributed by atoms with Gasteiger partial charge in [0.1, 0.15) is 24.5 Å². The molecule has 2 aromatic rings. The normalized spacial score (nSPS) is 12.3. The minimum atomic E-state index is -1.54. The molecule has 0 saturated carbocycles. The van der Waals surface area contributed by atoms with Crippen LogP contribution in [-0.2, 0) is 36.9 Å². The fourth-order valence-corrected chi connectivity index (χ4v) is 2.75. The van der Waals surface area contributed by atoms with E-state index in [2.05, 4.69) is 10.6 Å². The monoisotopic (exact) mass is 430 g/mol. The molecule has 164 valence electrons. The van der Waals surface area contributed by atoms with Crippen LogP contribution in [0, 0.1) is 5.82 Å². The largest absolute Gasteiger partial charge is 0.480 e. The van der Waals surface area contributed by atoms with Gasteiger partial charge in [0.2, 0.25) is 11.8 Å². The number of amides is 2. The van der Waals surface area contributed by atoms with Gasteiger partial charge >= 0.3 is 11.9 Å². The van der Waals surface area contributed by atoms with Crippen molar-refractivity contribution in [3.63, 3.8) is 0 Å². The van der Waals surface area contributed by atoms with E-state index < -0.39 is 48.1 Å². The van der Waals surface area contributed by atoms with Gasteiger partial charge in [-0.15, -0.1) is 0 Å². The summed E-state index contributed by atoms with van der Waals surface area (Å²) in [6.07, 6.45) is -0.576. The summed E-state index contributed by atoms with van der Waals surface area (Å²) in [5.74, 6) is -3.97. The Morgan fingerprint density at radius 2 is 1.58 bits per heavy atom. The molecule has 3 N–H and O–H groups in total. The van der Waals surface area contributed by atoms with E-state index in [1.807, 2.05) is 0 Å². The molecule has 2 aromatic carbocycles. The summed E-state index contributed by atoms with van der Waals surface area (Å²) in [6.45, 7) is 1.18. The number of hydrogen-bond acceptors (Lipinski definition) is 5. The summed E-state index contributed by atoms with van der Waals surface area (Å²) in [7, 11) is 0. The van der Waals surface area contributed by atoms with Crippen molar-refractivity contribution in [1.82, 2.24) is 10.6 Å². The molecule has 0 saturated heterocycles. The van der Waals surface area contributed by atoms with E-state index in [1.54, 1.807) is 30.3 Å². The highest BCUT2D eigenvalue weighted by Gasteiger charge is 2.28. The molecule has 8 nitrogen and oxygen atoms in total. The molecule has 0 bridgehead atoms. The van der Waals surface area contributed by atoms with Gasteiger partial charge in [0, 0.05) is 13.3 Å². The molecule has 2 rings (SSSR count). The minimum absolute atomic E-state index is 0.0104. The predicted octanol–water partition coefficient (Wildman–Crippen LogP) is 1.58. The molecule has 0 spiro atoms. The number of rotatable bonds is 10. The van der Waals surface area contributed by atoms with E-state index in [0.717, 1.165) is 5.56 Å². The number of ether oxygens (including phenoxy) is 1. The molecule has 9 heteroatoms. The van der Waals surface area contributed by atoms with E-state index in [9.17, 15) is 28.7 Å². The van der Waals surface area contributed by atoms with Gasteiger partial charge < -0.3 is 20.5 Å². The Balaban J connectivity index is 1.99. The Bertz CT molecular complexity index is 917. The Morgan fingerprint density at radius 3 is 2.16 bits per heavy atom. The van der Waals surface area contributed by atoms with Crippen LogP contribution in [0.2, 0.25) is 0 Å². The van der Waals surface area contributed by atoms with Crippen molar-refractivity contribution in [2.24, 2.45) is 0 Å². The van der Waals surface area contributed by atoms with Crippen molar-refractivity contribution in [2.45, 2.75) is 38.5 Å². The lowest BCUT2D eigenvalue weighted by Gasteiger charge is -2.21. The third-order valence-electron chi connectivity index (χ3n) is 4.28. The fourth-order valence-electron chi connectivity index (χ4n) is 2.75. The maximum absolute atomic E-state index is 13.1. The van der Waals surface area contributed by atoms with Crippen LogP contribution >= 0.6 is 0 Å². The van der Waals surface area contributed by atoms with E-state index in [1.165, 1.54) is 31.2 Å². The number of carboxylic acids is 1. The van der Waals surface area contributed by atoms with Crippen molar-refractivity contribution in [1.29, 1.82) is 0 Å².